The van der Waals surface area contributed by atoms with Gasteiger partial charge in [-0.2, -0.15) is 0 Å². The molecule has 0 aromatic carbocycles. The van der Waals surface area contributed by atoms with Crippen LogP contribution in [0.25, 0.3) is 0 Å². The monoisotopic (exact) mass is 244 g/mol. The fraction of sp³-hybridized carbons (Fsp3) is 0.909. The molecule has 1 aliphatic heterocycles. The van der Waals surface area contributed by atoms with Gasteiger partial charge in [0.15, 0.2) is 0 Å². The molecule has 6 heteroatoms. The van der Waals surface area contributed by atoms with E-state index in [1.165, 1.54) is 0 Å². The summed E-state index contributed by atoms with van der Waals surface area (Å²) < 4.78 is 5.57. The normalized spacial score (nSPS) is 40.5. The average molecular weight is 244 g/mol. The van der Waals surface area contributed by atoms with Crippen molar-refractivity contribution in [3.8, 4) is 0 Å². The zero-order valence-corrected chi connectivity index (χ0v) is 9.91. The standard InChI is InChI=1S/C11H20N2O4/c1-2-3-12-11-13-8-7(17-11)4-6(5-14)9(15)10(8)16/h6-10,14-16H,2-5H2,1H3,(H,12,13). The van der Waals surface area contributed by atoms with Crippen LogP contribution in [0, 0.1) is 5.92 Å². The summed E-state index contributed by atoms with van der Waals surface area (Å²) in [6, 6.07) is 0.0128. The molecule has 0 aromatic rings. The first kappa shape index (κ1) is 12.6. The van der Waals surface area contributed by atoms with E-state index >= 15 is 0 Å². The molecule has 2 aliphatic rings. The molecule has 5 unspecified atom stereocenters. The SMILES string of the molecule is CCCNC1=NC2C(CC(CO)C(O)C2O)O1. The van der Waals surface area contributed by atoms with Gasteiger partial charge in [0, 0.05) is 19.1 Å². The molecule has 6 nitrogen and oxygen atoms in total. The third-order valence-corrected chi connectivity index (χ3v) is 3.39. The third-order valence-electron chi connectivity index (χ3n) is 3.39. The minimum Gasteiger partial charge on any atom is -0.460 e. The second kappa shape index (κ2) is 5.20. The Balaban J connectivity index is 2.01. The van der Waals surface area contributed by atoms with Gasteiger partial charge in [-0.3, -0.25) is 0 Å². The fourth-order valence-electron chi connectivity index (χ4n) is 2.37. The average Bonchev–Trinajstić information content (AvgIpc) is 2.74. The molecule has 1 saturated carbocycles. The first-order valence-electron chi connectivity index (χ1n) is 6.12. The lowest BCUT2D eigenvalue weighted by atomic mass is 9.80. The first-order chi connectivity index (χ1) is 8.17. The Kier molecular flexibility index (Phi) is 3.86. The van der Waals surface area contributed by atoms with Gasteiger partial charge in [-0.15, -0.1) is 0 Å². The van der Waals surface area contributed by atoms with Crippen LogP contribution in [0.4, 0.5) is 0 Å². The molecular weight excluding hydrogens is 224 g/mol. The summed E-state index contributed by atoms with van der Waals surface area (Å²) >= 11 is 0. The summed E-state index contributed by atoms with van der Waals surface area (Å²) in [7, 11) is 0. The largest absolute Gasteiger partial charge is 0.460 e. The first-order valence-corrected chi connectivity index (χ1v) is 6.12. The second-order valence-electron chi connectivity index (χ2n) is 4.67. The number of fused-ring (bicyclic) bond motifs is 1. The Labute approximate surface area is 100 Å². The van der Waals surface area contributed by atoms with Crippen LogP contribution in [0.3, 0.4) is 0 Å². The zero-order valence-electron chi connectivity index (χ0n) is 9.91. The molecule has 2 rings (SSSR count). The quantitative estimate of drug-likeness (QED) is 0.502. The molecule has 98 valence electrons. The summed E-state index contributed by atoms with van der Waals surface area (Å²) in [5, 5.41) is 31.9. The molecular formula is C11H20N2O4. The van der Waals surface area contributed by atoms with Crippen molar-refractivity contribution in [2.75, 3.05) is 13.2 Å². The van der Waals surface area contributed by atoms with E-state index < -0.39 is 18.2 Å². The number of hydrogen-bond donors (Lipinski definition) is 4. The van der Waals surface area contributed by atoms with Gasteiger partial charge in [-0.25, -0.2) is 4.99 Å². The van der Waals surface area contributed by atoms with Crippen LogP contribution in [0.2, 0.25) is 0 Å². The van der Waals surface area contributed by atoms with E-state index in [-0.39, 0.29) is 18.6 Å². The Hall–Kier alpha value is -0.850. The topological polar surface area (TPSA) is 94.3 Å². The van der Waals surface area contributed by atoms with Gasteiger partial charge < -0.3 is 25.4 Å². The number of hydrogen-bond acceptors (Lipinski definition) is 6. The summed E-state index contributed by atoms with van der Waals surface area (Å²) in [5.41, 5.74) is 0. The molecule has 0 amide bonds. The third kappa shape index (κ3) is 2.38. The predicted octanol–water partition coefficient (Wildman–Crippen LogP) is -1.16. The smallest absolute Gasteiger partial charge is 0.285 e. The van der Waals surface area contributed by atoms with Crippen molar-refractivity contribution in [2.24, 2.45) is 10.9 Å². The number of aliphatic hydroxyl groups is 3. The van der Waals surface area contributed by atoms with Gasteiger partial charge in [0.05, 0.1) is 6.10 Å². The molecule has 1 aliphatic carbocycles. The van der Waals surface area contributed by atoms with Crippen LogP contribution in [0.1, 0.15) is 19.8 Å². The minimum atomic E-state index is -0.966. The maximum Gasteiger partial charge on any atom is 0.285 e. The number of nitrogens with zero attached hydrogens (tertiary/aromatic N) is 1. The van der Waals surface area contributed by atoms with Crippen molar-refractivity contribution in [3.63, 3.8) is 0 Å². The van der Waals surface area contributed by atoms with Crippen LogP contribution in [0.15, 0.2) is 4.99 Å². The van der Waals surface area contributed by atoms with E-state index in [2.05, 4.69) is 10.3 Å². The van der Waals surface area contributed by atoms with Crippen LogP contribution in [0.5, 0.6) is 0 Å². The summed E-state index contributed by atoms with van der Waals surface area (Å²) in [5.74, 6) is -0.341. The summed E-state index contributed by atoms with van der Waals surface area (Å²) in [4.78, 5) is 4.24. The maximum absolute atomic E-state index is 9.92. The lowest BCUT2D eigenvalue weighted by molar-refractivity contribution is -0.0948. The van der Waals surface area contributed by atoms with E-state index in [1.54, 1.807) is 0 Å². The molecule has 4 N–H and O–H groups in total. The van der Waals surface area contributed by atoms with E-state index in [4.69, 9.17) is 9.84 Å². The number of amidine groups is 1. The maximum atomic E-state index is 9.92. The van der Waals surface area contributed by atoms with E-state index in [0.717, 1.165) is 13.0 Å². The number of nitrogens with one attached hydrogen (secondary N) is 1. The van der Waals surface area contributed by atoms with Crippen molar-refractivity contribution >= 4 is 6.02 Å². The Morgan fingerprint density at radius 2 is 2.18 bits per heavy atom. The predicted molar refractivity (Wildman–Crippen MR) is 61.6 cm³/mol. The molecule has 0 bridgehead atoms. The fourth-order valence-corrected chi connectivity index (χ4v) is 2.37. The Bertz CT molecular complexity index is 297. The molecule has 17 heavy (non-hydrogen) atoms. The highest BCUT2D eigenvalue weighted by atomic mass is 16.5. The molecule has 0 radical (unpaired) electrons. The van der Waals surface area contributed by atoms with Gasteiger partial charge in [0.2, 0.25) is 0 Å². The zero-order chi connectivity index (χ0) is 12.4. The Morgan fingerprint density at radius 1 is 1.41 bits per heavy atom. The van der Waals surface area contributed by atoms with Crippen molar-refractivity contribution in [2.45, 2.75) is 44.1 Å². The molecule has 0 aromatic heterocycles. The highest BCUT2D eigenvalue weighted by Gasteiger charge is 2.47. The van der Waals surface area contributed by atoms with Crippen molar-refractivity contribution in [1.82, 2.24) is 5.32 Å². The molecule has 1 fully saturated rings. The van der Waals surface area contributed by atoms with E-state index in [1.807, 2.05) is 6.92 Å². The lowest BCUT2D eigenvalue weighted by Gasteiger charge is -2.36. The van der Waals surface area contributed by atoms with Crippen LogP contribution >= 0.6 is 0 Å². The lowest BCUT2D eigenvalue weighted by Crippen LogP contribution is -2.52. The second-order valence-corrected chi connectivity index (χ2v) is 4.67. The van der Waals surface area contributed by atoms with Gasteiger partial charge >= 0.3 is 0 Å². The van der Waals surface area contributed by atoms with Crippen molar-refractivity contribution in [3.05, 3.63) is 0 Å². The van der Waals surface area contributed by atoms with Gasteiger partial charge in [-0.05, 0) is 12.8 Å². The molecule has 5 atom stereocenters. The number of rotatable bonds is 3. The van der Waals surface area contributed by atoms with E-state index in [9.17, 15) is 10.2 Å². The highest BCUT2D eigenvalue weighted by Crippen LogP contribution is 2.32. The van der Waals surface area contributed by atoms with Gasteiger partial charge in [0.1, 0.15) is 18.2 Å². The van der Waals surface area contributed by atoms with Gasteiger partial charge in [0.25, 0.3) is 6.02 Å². The summed E-state index contributed by atoms with van der Waals surface area (Å²) in [6.07, 6.45) is -0.668. The molecule has 1 heterocycles. The number of ether oxygens (including phenoxy) is 1. The van der Waals surface area contributed by atoms with Crippen molar-refractivity contribution < 1.29 is 20.1 Å². The van der Waals surface area contributed by atoms with E-state index in [0.29, 0.717) is 12.4 Å². The molecule has 0 saturated heterocycles. The van der Waals surface area contributed by atoms with Crippen molar-refractivity contribution in [1.29, 1.82) is 0 Å². The van der Waals surface area contributed by atoms with Gasteiger partial charge in [-0.1, -0.05) is 6.92 Å². The van der Waals surface area contributed by atoms with Crippen LogP contribution in [-0.4, -0.2) is 58.8 Å². The van der Waals surface area contributed by atoms with Crippen LogP contribution < -0.4 is 5.32 Å². The number of aliphatic imine (C=N–C) groups is 1. The van der Waals surface area contributed by atoms with Crippen LogP contribution in [-0.2, 0) is 4.74 Å². The Morgan fingerprint density at radius 3 is 2.82 bits per heavy atom. The summed E-state index contributed by atoms with van der Waals surface area (Å²) in [6.45, 7) is 2.65. The minimum absolute atomic E-state index is 0.150. The number of aliphatic hydroxyl groups excluding tert-OH is 3. The molecule has 0 spiro atoms. The highest BCUT2D eigenvalue weighted by molar-refractivity contribution is 5.75.